The molecule has 2 rings (SSSR count). The van der Waals surface area contributed by atoms with Crippen LogP contribution in [0.3, 0.4) is 0 Å². The normalized spacial score (nSPS) is 23.2. The number of hydrogen-bond acceptors (Lipinski definition) is 1. The van der Waals surface area contributed by atoms with E-state index in [1.807, 2.05) is 6.20 Å². The first-order chi connectivity index (χ1) is 8.34. The second kappa shape index (κ2) is 6.78. The SMILES string of the molecule is CC1CCCCCCCCc2cncc(c2)C1. The molecule has 1 aliphatic carbocycles. The number of aryl methyl sites for hydroxylation is 1. The van der Waals surface area contributed by atoms with Gasteiger partial charge in [-0.3, -0.25) is 4.98 Å². The van der Waals surface area contributed by atoms with Crippen molar-refractivity contribution in [1.82, 2.24) is 4.98 Å². The summed E-state index contributed by atoms with van der Waals surface area (Å²) in [6.07, 6.45) is 16.3. The van der Waals surface area contributed by atoms with Gasteiger partial charge in [-0.2, -0.15) is 0 Å². The summed E-state index contributed by atoms with van der Waals surface area (Å²) in [7, 11) is 0. The molecular weight excluding hydrogens is 206 g/mol. The highest BCUT2D eigenvalue weighted by molar-refractivity contribution is 5.18. The summed E-state index contributed by atoms with van der Waals surface area (Å²) >= 11 is 0. The molecule has 0 aliphatic heterocycles. The van der Waals surface area contributed by atoms with E-state index in [-0.39, 0.29) is 0 Å². The zero-order chi connectivity index (χ0) is 11.9. The van der Waals surface area contributed by atoms with Crippen molar-refractivity contribution < 1.29 is 0 Å². The molecule has 1 aromatic heterocycles. The fraction of sp³-hybridized carbons (Fsp3) is 0.688. The molecule has 0 saturated heterocycles. The molecule has 1 aliphatic rings. The Morgan fingerprint density at radius 3 is 2.53 bits per heavy atom. The largest absolute Gasteiger partial charge is 0.264 e. The van der Waals surface area contributed by atoms with Crippen LogP contribution in [0.2, 0.25) is 0 Å². The lowest BCUT2D eigenvalue weighted by Gasteiger charge is -2.11. The topological polar surface area (TPSA) is 12.9 Å². The van der Waals surface area contributed by atoms with Crippen LogP contribution in [0.1, 0.15) is 63.0 Å². The minimum atomic E-state index is 0.813. The monoisotopic (exact) mass is 231 g/mol. The van der Waals surface area contributed by atoms with Crippen molar-refractivity contribution in [1.29, 1.82) is 0 Å². The van der Waals surface area contributed by atoms with Crippen LogP contribution < -0.4 is 0 Å². The van der Waals surface area contributed by atoms with Gasteiger partial charge in [-0.05, 0) is 36.3 Å². The molecule has 17 heavy (non-hydrogen) atoms. The second-order valence-corrected chi connectivity index (χ2v) is 5.67. The minimum Gasteiger partial charge on any atom is -0.264 e. The average Bonchev–Trinajstić information content (AvgIpc) is 2.33. The zero-order valence-electron chi connectivity index (χ0n) is 11.1. The van der Waals surface area contributed by atoms with Crippen molar-refractivity contribution in [2.75, 3.05) is 0 Å². The van der Waals surface area contributed by atoms with Crippen LogP contribution in [-0.4, -0.2) is 4.98 Å². The lowest BCUT2D eigenvalue weighted by atomic mass is 9.95. The molecule has 0 fully saturated rings. The predicted molar refractivity (Wildman–Crippen MR) is 73.1 cm³/mol. The standard InChI is InChI=1S/C16H25N/c1-14-8-6-4-2-3-5-7-9-15-11-16(10-14)13-17-12-15/h11-14H,2-10H2,1H3. The smallest absolute Gasteiger partial charge is 0.0300 e. The fourth-order valence-electron chi connectivity index (χ4n) is 2.82. The van der Waals surface area contributed by atoms with E-state index < -0.39 is 0 Å². The first kappa shape index (κ1) is 12.6. The van der Waals surface area contributed by atoms with Gasteiger partial charge >= 0.3 is 0 Å². The summed E-state index contributed by atoms with van der Waals surface area (Å²) in [5.41, 5.74) is 2.88. The molecule has 2 bridgehead atoms. The van der Waals surface area contributed by atoms with Crippen LogP contribution in [0.15, 0.2) is 18.5 Å². The van der Waals surface area contributed by atoms with Crippen LogP contribution in [-0.2, 0) is 12.8 Å². The molecule has 0 aromatic carbocycles. The molecule has 1 heteroatoms. The molecule has 0 N–H and O–H groups in total. The van der Waals surface area contributed by atoms with Crippen LogP contribution in [0, 0.1) is 5.92 Å². The highest BCUT2D eigenvalue weighted by Gasteiger charge is 2.06. The molecule has 1 atom stereocenters. The molecular formula is C16H25N. The molecule has 1 nitrogen and oxygen atoms in total. The molecule has 94 valence electrons. The Kier molecular flexibility index (Phi) is 5.03. The quantitative estimate of drug-likeness (QED) is 0.638. The lowest BCUT2D eigenvalue weighted by Crippen LogP contribution is -2.01. The van der Waals surface area contributed by atoms with Gasteiger partial charge in [0, 0.05) is 12.4 Å². The van der Waals surface area contributed by atoms with Gasteiger partial charge in [-0.25, -0.2) is 0 Å². The third kappa shape index (κ3) is 4.49. The van der Waals surface area contributed by atoms with Gasteiger partial charge in [0.05, 0.1) is 0 Å². The van der Waals surface area contributed by atoms with Gasteiger partial charge in [0.1, 0.15) is 0 Å². The van der Waals surface area contributed by atoms with E-state index >= 15 is 0 Å². The number of hydrogen-bond donors (Lipinski definition) is 0. The van der Waals surface area contributed by atoms with Gasteiger partial charge in [0.15, 0.2) is 0 Å². The third-order valence-corrected chi connectivity index (χ3v) is 3.85. The van der Waals surface area contributed by atoms with E-state index in [1.54, 1.807) is 0 Å². The summed E-state index contributed by atoms with van der Waals surface area (Å²) in [5, 5.41) is 0. The Labute approximate surface area is 106 Å². The average molecular weight is 231 g/mol. The molecule has 0 spiro atoms. The lowest BCUT2D eigenvalue weighted by molar-refractivity contribution is 0.481. The summed E-state index contributed by atoms with van der Waals surface area (Å²) in [6, 6.07) is 2.38. The summed E-state index contributed by atoms with van der Waals surface area (Å²) < 4.78 is 0. The maximum absolute atomic E-state index is 4.39. The van der Waals surface area contributed by atoms with Crippen molar-refractivity contribution in [3.63, 3.8) is 0 Å². The Morgan fingerprint density at radius 2 is 1.65 bits per heavy atom. The third-order valence-electron chi connectivity index (χ3n) is 3.85. The predicted octanol–water partition coefficient (Wildman–Crippen LogP) is 4.55. The first-order valence-corrected chi connectivity index (χ1v) is 7.27. The van der Waals surface area contributed by atoms with Crippen molar-refractivity contribution in [3.05, 3.63) is 29.6 Å². The van der Waals surface area contributed by atoms with E-state index in [4.69, 9.17) is 0 Å². The Bertz CT molecular complexity index is 332. The van der Waals surface area contributed by atoms with Crippen molar-refractivity contribution in [3.8, 4) is 0 Å². The van der Waals surface area contributed by atoms with Crippen LogP contribution in [0.5, 0.6) is 0 Å². The van der Waals surface area contributed by atoms with E-state index in [1.165, 1.54) is 68.9 Å². The number of aromatic nitrogens is 1. The Morgan fingerprint density at radius 1 is 0.941 bits per heavy atom. The molecule has 1 aromatic rings. The number of rotatable bonds is 0. The minimum absolute atomic E-state index is 0.813. The second-order valence-electron chi connectivity index (χ2n) is 5.67. The molecule has 0 amide bonds. The Balaban J connectivity index is 2.02. The number of nitrogens with zero attached hydrogens (tertiary/aromatic N) is 1. The van der Waals surface area contributed by atoms with E-state index in [2.05, 4.69) is 24.2 Å². The molecule has 1 heterocycles. The van der Waals surface area contributed by atoms with Gasteiger partial charge in [-0.15, -0.1) is 0 Å². The van der Waals surface area contributed by atoms with Gasteiger partial charge in [0.25, 0.3) is 0 Å². The van der Waals surface area contributed by atoms with Gasteiger partial charge < -0.3 is 0 Å². The van der Waals surface area contributed by atoms with E-state index in [0.717, 1.165) is 5.92 Å². The number of fused-ring (bicyclic) bond motifs is 2. The molecule has 1 unspecified atom stereocenters. The van der Waals surface area contributed by atoms with Crippen LogP contribution in [0.4, 0.5) is 0 Å². The van der Waals surface area contributed by atoms with E-state index in [9.17, 15) is 0 Å². The zero-order valence-corrected chi connectivity index (χ0v) is 11.1. The van der Waals surface area contributed by atoms with Crippen molar-refractivity contribution >= 4 is 0 Å². The first-order valence-electron chi connectivity index (χ1n) is 7.27. The van der Waals surface area contributed by atoms with Crippen molar-refractivity contribution in [2.45, 2.75) is 64.7 Å². The maximum atomic E-state index is 4.39. The van der Waals surface area contributed by atoms with Crippen LogP contribution >= 0.6 is 0 Å². The highest BCUT2D eigenvalue weighted by atomic mass is 14.6. The summed E-state index contributed by atoms with van der Waals surface area (Å²) in [4.78, 5) is 4.39. The van der Waals surface area contributed by atoms with Gasteiger partial charge in [0.2, 0.25) is 0 Å². The maximum Gasteiger partial charge on any atom is 0.0300 e. The van der Waals surface area contributed by atoms with Crippen molar-refractivity contribution in [2.24, 2.45) is 5.92 Å². The summed E-state index contributed by atoms with van der Waals surface area (Å²) in [6.45, 7) is 2.38. The van der Waals surface area contributed by atoms with E-state index in [0.29, 0.717) is 0 Å². The van der Waals surface area contributed by atoms with Gasteiger partial charge in [-0.1, -0.05) is 51.5 Å². The fourth-order valence-corrected chi connectivity index (χ4v) is 2.82. The Hall–Kier alpha value is -0.850. The molecule has 0 saturated carbocycles. The number of pyridine rings is 1. The molecule has 0 radical (unpaired) electrons. The summed E-state index contributed by atoms with van der Waals surface area (Å²) in [5.74, 6) is 0.813. The highest BCUT2D eigenvalue weighted by Crippen LogP contribution is 2.19. The van der Waals surface area contributed by atoms with Crippen LogP contribution in [0.25, 0.3) is 0 Å².